The lowest BCUT2D eigenvalue weighted by Crippen LogP contribution is -2.46. The van der Waals surface area contributed by atoms with Gasteiger partial charge in [0.1, 0.15) is 5.75 Å². The molecule has 272 valence electrons. The van der Waals surface area contributed by atoms with Crippen molar-refractivity contribution in [1.29, 1.82) is 0 Å². The Morgan fingerprint density at radius 1 is 0.943 bits per heavy atom. The molecule has 2 N–H and O–H groups in total. The summed E-state index contributed by atoms with van der Waals surface area (Å²) in [4.78, 5) is 44.0. The van der Waals surface area contributed by atoms with E-state index in [2.05, 4.69) is 26.2 Å². The maximum absolute atomic E-state index is 14.9. The second-order valence-corrected chi connectivity index (χ2v) is 19.4. The molecule has 4 atom stereocenters. The number of rotatable bonds is 9. The molecule has 1 fully saturated rings. The molecule has 3 aliphatic rings. The van der Waals surface area contributed by atoms with E-state index in [9.17, 15) is 19.5 Å². The third-order valence-electron chi connectivity index (χ3n) is 10.7. The molecular weight excluding hydrogens is 754 g/mol. The highest BCUT2D eigenvalue weighted by molar-refractivity contribution is 9.10. The number of carbonyl (C=O) groups excluding carboxylic acids is 2. The second kappa shape index (κ2) is 13.6. The van der Waals surface area contributed by atoms with Gasteiger partial charge >= 0.3 is 0 Å². The van der Waals surface area contributed by atoms with E-state index in [1.165, 1.54) is 0 Å². The van der Waals surface area contributed by atoms with E-state index in [1.54, 1.807) is 26.6 Å². The average Bonchev–Trinajstić information content (AvgIpc) is 3.75. The minimum Gasteiger partial charge on any atom is -0.454 e. The molecule has 1 aromatic heterocycles. The highest BCUT2D eigenvalue weighted by Gasteiger charge is 2.66. The Morgan fingerprint density at radius 3 is 2.43 bits per heavy atom. The van der Waals surface area contributed by atoms with Crippen LogP contribution in [0.2, 0.25) is 18.6 Å². The fraction of sp³-hybridized carbons (Fsp3) is 0.300. The van der Waals surface area contributed by atoms with E-state index in [1.807, 2.05) is 105 Å². The summed E-state index contributed by atoms with van der Waals surface area (Å²) in [6, 6.07) is 28.2. The van der Waals surface area contributed by atoms with E-state index < -0.39 is 20.0 Å². The van der Waals surface area contributed by atoms with Gasteiger partial charge in [-0.3, -0.25) is 19.2 Å². The number of halogens is 1. The molecule has 0 aliphatic carbocycles. The molecule has 13 heteroatoms. The summed E-state index contributed by atoms with van der Waals surface area (Å²) >= 11 is 3.64. The zero-order valence-corrected chi connectivity index (χ0v) is 32.2. The molecule has 8 rings (SSSR count). The summed E-state index contributed by atoms with van der Waals surface area (Å²) in [5.41, 5.74) is 3.37. The number of aromatic nitrogens is 3. The molecule has 5 aromatic rings. The maximum Gasteiger partial charge on any atom is 0.266 e. The number of amides is 2. The normalized spacial score (nSPS) is 22.1. The lowest BCUT2D eigenvalue weighted by Gasteiger charge is -2.32. The van der Waals surface area contributed by atoms with Crippen LogP contribution >= 0.6 is 15.9 Å². The van der Waals surface area contributed by atoms with E-state index in [0.29, 0.717) is 53.5 Å². The Bertz CT molecular complexity index is 2210. The van der Waals surface area contributed by atoms with Gasteiger partial charge in [0, 0.05) is 53.0 Å². The number of para-hydroxylation sites is 3. The fourth-order valence-corrected chi connectivity index (χ4v) is 11.4. The average molecular weight is 795 g/mol. The van der Waals surface area contributed by atoms with Crippen LogP contribution in [-0.4, -0.2) is 57.7 Å². The van der Waals surface area contributed by atoms with Crippen molar-refractivity contribution in [3.8, 4) is 11.5 Å². The summed E-state index contributed by atoms with van der Waals surface area (Å²) in [5.74, 6) is 0.406. The van der Waals surface area contributed by atoms with Gasteiger partial charge in [0.15, 0.2) is 19.7 Å². The minimum atomic E-state index is -2.86. The first-order valence-electron chi connectivity index (χ1n) is 17.8. The number of benzene rings is 4. The quantitative estimate of drug-likeness (QED) is 0.151. The van der Waals surface area contributed by atoms with Crippen molar-refractivity contribution in [2.45, 2.75) is 63.2 Å². The second-order valence-electron chi connectivity index (χ2n) is 14.5. The van der Waals surface area contributed by atoms with Crippen LogP contribution in [0.15, 0.2) is 102 Å². The van der Waals surface area contributed by atoms with Gasteiger partial charge in [-0.15, -0.1) is 5.10 Å². The number of nitrogens with zero attached hydrogens (tertiary/aromatic N) is 5. The van der Waals surface area contributed by atoms with Gasteiger partial charge in [0.2, 0.25) is 0 Å². The number of hydrogen-bond donors (Lipinski definition) is 2. The third-order valence-corrected chi connectivity index (χ3v) is 13.7. The SMILES string of the molecule is C[C@H]1[C@H]([Si](C)(C)O)[C@@H](CCn2cc(CCO)nn2)O[C@]12C(=O)N(Cc1ccc(N3C(=O)c4ccccc4Oc4ccccc43)cc1)c1ccc(Br)cc12. The third kappa shape index (κ3) is 6.10. The lowest BCUT2D eigenvalue weighted by molar-refractivity contribution is -0.146. The monoisotopic (exact) mass is 793 g/mol. The van der Waals surface area contributed by atoms with E-state index >= 15 is 0 Å². The topological polar surface area (TPSA) is 130 Å². The Morgan fingerprint density at radius 2 is 1.68 bits per heavy atom. The van der Waals surface area contributed by atoms with E-state index in [0.717, 1.165) is 21.3 Å². The largest absolute Gasteiger partial charge is 0.454 e. The molecule has 0 radical (unpaired) electrons. The number of aliphatic hydroxyl groups is 1. The molecule has 3 aliphatic heterocycles. The van der Waals surface area contributed by atoms with Gasteiger partial charge in [0.05, 0.1) is 35.3 Å². The predicted octanol–water partition coefficient (Wildman–Crippen LogP) is 7.09. The number of fused-ring (bicyclic) bond motifs is 4. The van der Waals surface area contributed by atoms with Gasteiger partial charge in [0.25, 0.3) is 11.8 Å². The molecule has 0 unspecified atom stereocenters. The summed E-state index contributed by atoms with van der Waals surface area (Å²) in [5, 5.41) is 17.7. The maximum atomic E-state index is 14.9. The number of aryl methyl sites for hydroxylation is 1. The summed E-state index contributed by atoms with van der Waals surface area (Å²) in [6.45, 7) is 6.62. The van der Waals surface area contributed by atoms with Crippen molar-refractivity contribution in [2.24, 2.45) is 5.92 Å². The number of hydrogen-bond acceptors (Lipinski definition) is 8. The number of ether oxygens (including phenoxy) is 2. The van der Waals surface area contributed by atoms with Gasteiger partial charge in [-0.25, -0.2) is 0 Å². The lowest BCUT2D eigenvalue weighted by atomic mass is 9.82. The first-order chi connectivity index (χ1) is 25.5. The summed E-state index contributed by atoms with van der Waals surface area (Å²) in [6.07, 6.45) is 2.36. The smallest absolute Gasteiger partial charge is 0.266 e. The predicted molar refractivity (Wildman–Crippen MR) is 206 cm³/mol. The standard InChI is InChI=1S/C40H40BrN5O6Si/c1-25-37(53(2,3)50)36(18-20-44-24-28(19-21-47)42-43-44)52-40(25)31-22-27(41)14-17-32(31)45(39(40)49)23-26-12-15-29(16-13-26)46-33-9-5-7-11-35(33)51-34-10-6-4-8-30(34)38(46)48/h4-17,22,24-25,36-37,47,50H,18-21,23H2,1-3H3/t25-,36+,37-,40+/m0/s1. The van der Waals surface area contributed by atoms with Crippen LogP contribution in [0, 0.1) is 5.92 Å². The number of anilines is 3. The first-order valence-corrected chi connectivity index (χ1v) is 21.6. The van der Waals surface area contributed by atoms with Crippen molar-refractivity contribution in [3.63, 3.8) is 0 Å². The van der Waals surface area contributed by atoms with Crippen LogP contribution in [0.5, 0.6) is 11.5 Å². The van der Waals surface area contributed by atoms with Crippen LogP contribution < -0.4 is 14.5 Å². The van der Waals surface area contributed by atoms with Crippen LogP contribution in [0.3, 0.4) is 0 Å². The molecule has 4 heterocycles. The molecule has 11 nitrogen and oxygen atoms in total. The van der Waals surface area contributed by atoms with Gasteiger partial charge in [-0.05, 0) is 79.7 Å². The molecule has 1 saturated heterocycles. The Hall–Kier alpha value is -4.66. The number of aliphatic hydroxyl groups excluding tert-OH is 1. The van der Waals surface area contributed by atoms with Crippen LogP contribution in [0.25, 0.3) is 0 Å². The highest BCUT2D eigenvalue weighted by atomic mass is 79.9. The zero-order chi connectivity index (χ0) is 37.1. The Labute approximate surface area is 317 Å². The van der Waals surface area contributed by atoms with Crippen molar-refractivity contribution >= 4 is 53.1 Å². The molecule has 53 heavy (non-hydrogen) atoms. The van der Waals surface area contributed by atoms with Crippen molar-refractivity contribution in [2.75, 3.05) is 16.4 Å². The molecular formula is C40H40BrN5O6Si. The van der Waals surface area contributed by atoms with Crippen molar-refractivity contribution in [3.05, 3.63) is 124 Å². The van der Waals surface area contributed by atoms with Crippen molar-refractivity contribution in [1.82, 2.24) is 15.0 Å². The molecule has 2 amide bonds. The minimum absolute atomic E-state index is 0.00827. The van der Waals surface area contributed by atoms with Gasteiger partial charge < -0.3 is 24.3 Å². The summed E-state index contributed by atoms with van der Waals surface area (Å²) < 4.78 is 15.7. The van der Waals surface area contributed by atoms with Crippen LogP contribution in [0.4, 0.5) is 17.1 Å². The molecule has 0 bridgehead atoms. The first kappa shape index (κ1) is 35.4. The zero-order valence-electron chi connectivity index (χ0n) is 29.6. The molecule has 4 aromatic carbocycles. The summed E-state index contributed by atoms with van der Waals surface area (Å²) in [7, 11) is -2.86. The number of carbonyl (C=O) groups is 2. The van der Waals surface area contributed by atoms with Crippen LogP contribution in [-0.2, 0) is 34.6 Å². The van der Waals surface area contributed by atoms with E-state index in [4.69, 9.17) is 9.47 Å². The van der Waals surface area contributed by atoms with E-state index in [-0.39, 0.29) is 36.4 Å². The molecule has 0 saturated carbocycles. The fourth-order valence-electron chi connectivity index (χ4n) is 8.41. The van der Waals surface area contributed by atoms with Crippen LogP contribution in [0.1, 0.15) is 40.5 Å². The highest BCUT2D eigenvalue weighted by Crippen LogP contribution is 2.60. The van der Waals surface area contributed by atoms with Gasteiger partial charge in [-0.1, -0.05) is 64.5 Å². The van der Waals surface area contributed by atoms with Gasteiger partial charge in [-0.2, -0.15) is 0 Å². The van der Waals surface area contributed by atoms with Crippen molar-refractivity contribution < 1.29 is 29.0 Å². The Kier molecular flexibility index (Phi) is 9.10. The molecule has 1 spiro atoms. The Balaban J connectivity index is 1.10.